The van der Waals surface area contributed by atoms with E-state index in [4.69, 9.17) is 9.97 Å². The fourth-order valence-electron chi connectivity index (χ4n) is 15.8. The van der Waals surface area contributed by atoms with Crippen LogP contribution in [0.25, 0.3) is 208 Å². The van der Waals surface area contributed by atoms with E-state index in [-0.39, 0.29) is 0 Å². The summed E-state index contributed by atoms with van der Waals surface area (Å²) in [5.41, 5.74) is 24.5. The van der Waals surface area contributed by atoms with Crippen LogP contribution >= 0.6 is 0 Å². The molecule has 0 aliphatic heterocycles. The van der Waals surface area contributed by atoms with Gasteiger partial charge >= 0.3 is 0 Å². The van der Waals surface area contributed by atoms with Crippen LogP contribution in [-0.4, -0.2) is 19.9 Å². The van der Waals surface area contributed by atoms with Gasteiger partial charge in [0.25, 0.3) is 0 Å². The molecule has 0 fully saturated rings. The summed E-state index contributed by atoms with van der Waals surface area (Å²) in [6.45, 7) is 0. The van der Waals surface area contributed by atoms with Gasteiger partial charge in [-0.05, 0) is 251 Å². The van der Waals surface area contributed by atoms with Gasteiger partial charge in [-0.1, -0.05) is 224 Å². The van der Waals surface area contributed by atoms with Crippen molar-refractivity contribution in [3.8, 4) is 100 Å². The zero-order valence-corrected chi connectivity index (χ0v) is 54.3. The quantitative estimate of drug-likeness (QED) is 0.135. The molecule has 4 nitrogen and oxygen atoms in total. The van der Waals surface area contributed by atoms with Crippen molar-refractivity contribution in [1.82, 2.24) is 19.9 Å². The fraction of sp³-hybridized carbons (Fsp3) is 0. The second-order valence-electron chi connectivity index (χ2n) is 26.4. The Balaban J connectivity index is 0.699. The maximum atomic E-state index is 5.50. The molecule has 0 radical (unpaired) electrons. The first-order valence-electron chi connectivity index (χ1n) is 34.2. The zero-order valence-electron chi connectivity index (χ0n) is 54.3. The molecule has 16 aromatic carbocycles. The Morgan fingerprint density at radius 1 is 0.150 bits per heavy atom. The van der Waals surface area contributed by atoms with Gasteiger partial charge in [0, 0.05) is 63.0 Å². The van der Waals surface area contributed by atoms with Gasteiger partial charge in [0.15, 0.2) is 0 Å². The fourth-order valence-corrected chi connectivity index (χ4v) is 15.8. The van der Waals surface area contributed by atoms with Gasteiger partial charge in [-0.3, -0.25) is 19.9 Å². The molecule has 20 aromatic rings. The third kappa shape index (κ3) is 9.68. The van der Waals surface area contributed by atoms with E-state index in [1.165, 1.54) is 98.0 Å². The van der Waals surface area contributed by atoms with Gasteiger partial charge in [0.05, 0.1) is 22.1 Å². The maximum absolute atomic E-state index is 5.50. The van der Waals surface area contributed by atoms with E-state index >= 15 is 0 Å². The van der Waals surface area contributed by atoms with Gasteiger partial charge in [-0.15, -0.1) is 0 Å². The molecule has 0 saturated heterocycles. The third-order valence-electron chi connectivity index (χ3n) is 20.7. The molecule has 0 N–H and O–H groups in total. The first-order valence-corrected chi connectivity index (χ1v) is 34.2. The van der Waals surface area contributed by atoms with Crippen molar-refractivity contribution in [3.63, 3.8) is 0 Å². The highest BCUT2D eigenvalue weighted by atomic mass is 14.7. The average molecular weight is 1270 g/mol. The molecule has 0 atom stereocenters. The summed E-state index contributed by atoms with van der Waals surface area (Å²) in [6, 6.07) is 121. The van der Waals surface area contributed by atoms with Crippen LogP contribution in [0.1, 0.15) is 0 Å². The molecule has 0 aliphatic rings. The summed E-state index contributed by atoms with van der Waals surface area (Å²) < 4.78 is 0. The number of fused-ring (bicyclic) bond motifs is 16. The third-order valence-corrected chi connectivity index (χ3v) is 20.7. The number of hydrogen-bond acceptors (Lipinski definition) is 4. The van der Waals surface area contributed by atoms with Gasteiger partial charge < -0.3 is 0 Å². The van der Waals surface area contributed by atoms with Gasteiger partial charge in [0.1, 0.15) is 0 Å². The molecular weight excluding hydrogens is 1210 g/mol. The minimum Gasteiger partial charge on any atom is -0.256 e. The second kappa shape index (κ2) is 23.2. The highest BCUT2D eigenvalue weighted by Crippen LogP contribution is 2.46. The number of aromatic nitrogens is 4. The van der Waals surface area contributed by atoms with E-state index in [2.05, 4.69) is 326 Å². The largest absolute Gasteiger partial charge is 0.256 e. The second-order valence-corrected chi connectivity index (χ2v) is 26.4. The van der Waals surface area contributed by atoms with Crippen LogP contribution in [0.4, 0.5) is 0 Å². The summed E-state index contributed by atoms with van der Waals surface area (Å²) in [5.74, 6) is 0. The molecule has 0 spiro atoms. The average Bonchev–Trinajstić information content (AvgIpc) is 0.732. The molecule has 0 bridgehead atoms. The van der Waals surface area contributed by atoms with Crippen molar-refractivity contribution < 1.29 is 0 Å². The van der Waals surface area contributed by atoms with Crippen molar-refractivity contribution in [1.29, 1.82) is 0 Å². The molecule has 4 heterocycles. The monoisotopic (exact) mass is 1270 g/mol. The summed E-state index contributed by atoms with van der Waals surface area (Å²) in [4.78, 5) is 19.5. The highest BCUT2D eigenvalue weighted by Gasteiger charge is 2.20. The summed E-state index contributed by atoms with van der Waals surface area (Å²) in [7, 11) is 0. The number of hydrogen-bond donors (Lipinski definition) is 0. The van der Waals surface area contributed by atoms with E-state index in [1.807, 2.05) is 36.8 Å². The predicted molar refractivity (Wildman–Crippen MR) is 422 cm³/mol. The van der Waals surface area contributed by atoms with Crippen molar-refractivity contribution in [2.45, 2.75) is 0 Å². The molecule has 0 aliphatic carbocycles. The van der Waals surface area contributed by atoms with Crippen molar-refractivity contribution in [3.05, 3.63) is 352 Å². The van der Waals surface area contributed by atoms with Crippen LogP contribution in [0.15, 0.2) is 352 Å². The highest BCUT2D eigenvalue weighted by molar-refractivity contribution is 6.28. The van der Waals surface area contributed by atoms with Crippen LogP contribution in [0.3, 0.4) is 0 Å². The van der Waals surface area contributed by atoms with Gasteiger partial charge in [-0.25, -0.2) is 0 Å². The van der Waals surface area contributed by atoms with Crippen LogP contribution < -0.4 is 0 Å². The number of nitrogens with zero attached hydrogens (tertiary/aromatic N) is 4. The molecule has 0 unspecified atom stereocenters. The van der Waals surface area contributed by atoms with E-state index in [0.717, 1.165) is 110 Å². The number of benzene rings is 16. The van der Waals surface area contributed by atoms with E-state index in [1.54, 1.807) is 0 Å². The number of rotatable bonds is 9. The molecule has 4 aromatic heterocycles. The standard InChI is InChI=1S/C96H58N4/c1-2-28-80-79(27-1)83-38-33-68(63-18-6-20-70(47-63)77-31-9-14-59-24-11-45-99-95(59)77)55-90(83)84-39-34-69(54-88(80)84)64-19-7-21-71(48-64)78-32-10-23-75-52-76(58-100-96(75)78)87-57-92-85-40-35-67(61-16-5-15-60(46-61)65-36-41-93-73(50-65)25-12-43-97-93)53-89(85)81-29-3-4-30-82(81)91(92)56-86(87)72-22-8-17-62(49-72)66-37-42-94-74(51-66)26-13-44-98-94/h1-58H. The first kappa shape index (κ1) is 57.0. The Kier molecular flexibility index (Phi) is 13.2. The summed E-state index contributed by atoms with van der Waals surface area (Å²) >= 11 is 0. The van der Waals surface area contributed by atoms with Crippen molar-refractivity contribution >= 4 is 108 Å². The lowest BCUT2D eigenvalue weighted by molar-refractivity contribution is 1.41. The maximum Gasteiger partial charge on any atom is 0.0780 e. The van der Waals surface area contributed by atoms with Gasteiger partial charge in [-0.2, -0.15) is 0 Å². The number of pyridine rings is 4. The topological polar surface area (TPSA) is 51.6 Å². The number of para-hydroxylation sites is 2. The molecule has 4 heteroatoms. The molecule has 462 valence electrons. The Bertz CT molecular complexity index is 6800. The van der Waals surface area contributed by atoms with E-state index < -0.39 is 0 Å². The van der Waals surface area contributed by atoms with E-state index in [9.17, 15) is 0 Å². The molecule has 20 rings (SSSR count). The minimum absolute atomic E-state index is 0.954. The smallest absolute Gasteiger partial charge is 0.0780 e. The lowest BCUT2D eigenvalue weighted by atomic mass is 9.86. The van der Waals surface area contributed by atoms with E-state index in [0.29, 0.717) is 0 Å². The van der Waals surface area contributed by atoms with Crippen molar-refractivity contribution in [2.24, 2.45) is 0 Å². The Morgan fingerprint density at radius 3 is 0.950 bits per heavy atom. The molecular formula is C96H58N4. The van der Waals surface area contributed by atoms with Crippen LogP contribution in [0, 0.1) is 0 Å². The lowest BCUT2D eigenvalue weighted by Gasteiger charge is -2.18. The SMILES string of the molecule is c1cc(-c2ccc3ncccc3c2)cc(-c2ccc3c(c2)c2ccccc2c2cc(-c4cccc(-c5ccc6ncccc6c5)c4)c(-c4cnc5c(-c6cccc(-c7ccc8c9cc(-c%10cccc(-c%11cccc%12cccnc%11%12)c%10)ccc9c9ccccc9c8c7)c6)cccc5c4)cc32)c1. The summed E-state index contributed by atoms with van der Waals surface area (Å²) in [6.07, 6.45) is 7.69. The normalized spacial score (nSPS) is 11.8. The Hall–Kier alpha value is -13.3. The molecule has 100 heavy (non-hydrogen) atoms. The predicted octanol–water partition coefficient (Wildman–Crippen LogP) is 25.8. The van der Waals surface area contributed by atoms with Crippen LogP contribution in [0.2, 0.25) is 0 Å². The van der Waals surface area contributed by atoms with Crippen LogP contribution in [-0.2, 0) is 0 Å². The Labute approximate surface area is 577 Å². The molecule has 0 amide bonds. The van der Waals surface area contributed by atoms with Gasteiger partial charge in [0.2, 0.25) is 0 Å². The minimum atomic E-state index is 0.954. The van der Waals surface area contributed by atoms with Crippen molar-refractivity contribution in [2.75, 3.05) is 0 Å². The van der Waals surface area contributed by atoms with Crippen LogP contribution in [0.5, 0.6) is 0 Å². The zero-order chi connectivity index (χ0) is 65.8. The Morgan fingerprint density at radius 2 is 0.460 bits per heavy atom. The molecule has 0 saturated carbocycles. The lowest BCUT2D eigenvalue weighted by Crippen LogP contribution is -1.93. The summed E-state index contributed by atoms with van der Waals surface area (Å²) in [5, 5.41) is 19.1. The first-order chi connectivity index (χ1) is 49.5.